The van der Waals surface area contributed by atoms with Crippen molar-refractivity contribution in [2.24, 2.45) is 0 Å². The summed E-state index contributed by atoms with van der Waals surface area (Å²) < 4.78 is 2.05. The normalized spacial score (nSPS) is 14.3. The van der Waals surface area contributed by atoms with Crippen LogP contribution in [0.5, 0.6) is 0 Å². The molecule has 16 heavy (non-hydrogen) atoms. The average molecular weight is 247 g/mol. The number of hydrogen-bond donors (Lipinski definition) is 0. The highest BCUT2D eigenvalue weighted by molar-refractivity contribution is 8.00. The zero-order chi connectivity index (χ0) is 11.1. The topological polar surface area (TPSA) is 20.3 Å². The Hall–Kier alpha value is -1.26. The summed E-state index contributed by atoms with van der Waals surface area (Å²) in [4.78, 5) is 14.2. The maximum Gasteiger partial charge on any atom is 0.206 e. The number of carbonyl (C=O) groups is 1. The summed E-state index contributed by atoms with van der Waals surface area (Å²) in [5, 5.41) is 1.97. The van der Waals surface area contributed by atoms with E-state index in [9.17, 15) is 4.79 Å². The lowest BCUT2D eigenvalue weighted by molar-refractivity contribution is 0.104. The van der Waals surface area contributed by atoms with Gasteiger partial charge in [-0.25, -0.2) is 0 Å². The maximum atomic E-state index is 12.3. The van der Waals surface area contributed by atoms with Gasteiger partial charge in [0.05, 0.1) is 10.6 Å². The van der Waals surface area contributed by atoms with Gasteiger partial charge in [0.15, 0.2) is 0 Å². The summed E-state index contributed by atoms with van der Waals surface area (Å²) >= 11 is 3.11. The lowest BCUT2D eigenvalue weighted by atomic mass is 10.1. The van der Waals surface area contributed by atoms with Gasteiger partial charge in [0.25, 0.3) is 0 Å². The van der Waals surface area contributed by atoms with E-state index in [2.05, 4.69) is 4.31 Å². The molecule has 0 fully saturated rings. The molecular weight excluding hydrogens is 238 g/mol. The molecule has 0 atom stereocenters. The molecule has 3 rings (SSSR count). The third-order valence-corrected chi connectivity index (χ3v) is 4.48. The van der Waals surface area contributed by atoms with Crippen LogP contribution in [0.4, 0.5) is 5.69 Å². The van der Waals surface area contributed by atoms with Gasteiger partial charge < -0.3 is 4.31 Å². The van der Waals surface area contributed by atoms with Crippen molar-refractivity contribution in [1.82, 2.24) is 0 Å². The summed E-state index contributed by atoms with van der Waals surface area (Å²) in [5.74, 6) is 0.137. The van der Waals surface area contributed by atoms with Gasteiger partial charge in [-0.15, -0.1) is 11.3 Å². The Balaban J connectivity index is 2.25. The van der Waals surface area contributed by atoms with Crippen LogP contribution in [0.3, 0.4) is 0 Å². The predicted octanol–water partition coefficient (Wildman–Crippen LogP) is 3.44. The second kappa shape index (κ2) is 3.64. The number of anilines is 1. The predicted molar refractivity (Wildman–Crippen MR) is 68.5 cm³/mol. The van der Waals surface area contributed by atoms with Gasteiger partial charge in [0, 0.05) is 17.5 Å². The number of ketones is 1. The standard InChI is InChI=1S/C12H9NOS2/c1-13-9-6-7-15-12(9)11(14)8-4-2-3-5-10(8)16-13/h2-7H,1H3. The minimum atomic E-state index is 0.137. The number of rotatable bonds is 0. The van der Waals surface area contributed by atoms with Crippen molar-refractivity contribution in [3.63, 3.8) is 0 Å². The third-order valence-electron chi connectivity index (χ3n) is 2.56. The Morgan fingerprint density at radius 1 is 1.19 bits per heavy atom. The van der Waals surface area contributed by atoms with Crippen molar-refractivity contribution >= 4 is 34.8 Å². The molecule has 0 saturated heterocycles. The Labute approximate surface area is 102 Å². The van der Waals surface area contributed by atoms with Crippen LogP contribution in [0.1, 0.15) is 15.2 Å². The highest BCUT2D eigenvalue weighted by atomic mass is 32.2. The number of thiophene rings is 1. The number of fused-ring (bicyclic) bond motifs is 2. The molecule has 1 aliphatic rings. The first-order valence-corrected chi connectivity index (χ1v) is 6.55. The van der Waals surface area contributed by atoms with Crippen LogP contribution >= 0.6 is 23.3 Å². The molecule has 0 spiro atoms. The van der Waals surface area contributed by atoms with E-state index in [-0.39, 0.29) is 5.78 Å². The van der Waals surface area contributed by atoms with E-state index < -0.39 is 0 Å². The van der Waals surface area contributed by atoms with Crippen molar-refractivity contribution in [2.45, 2.75) is 4.90 Å². The van der Waals surface area contributed by atoms with Gasteiger partial charge in [-0.05, 0) is 35.5 Å². The molecule has 1 aromatic carbocycles. The fourth-order valence-electron chi connectivity index (χ4n) is 1.77. The second-order valence-corrected chi connectivity index (χ2v) is 5.64. The van der Waals surface area contributed by atoms with Crippen molar-refractivity contribution < 1.29 is 4.79 Å². The molecule has 4 heteroatoms. The summed E-state index contributed by atoms with van der Waals surface area (Å²) in [7, 11) is 1.99. The Morgan fingerprint density at radius 2 is 2.00 bits per heavy atom. The SMILES string of the molecule is CN1Sc2ccccc2C(=O)c2sccc21. The van der Waals surface area contributed by atoms with Crippen LogP contribution in [-0.4, -0.2) is 12.8 Å². The van der Waals surface area contributed by atoms with Crippen molar-refractivity contribution in [2.75, 3.05) is 11.4 Å². The van der Waals surface area contributed by atoms with E-state index in [0.717, 1.165) is 21.0 Å². The summed E-state index contributed by atoms with van der Waals surface area (Å²) in [6.07, 6.45) is 0. The first-order valence-electron chi connectivity index (χ1n) is 4.90. The summed E-state index contributed by atoms with van der Waals surface area (Å²) in [5.41, 5.74) is 1.82. The van der Waals surface area contributed by atoms with Crippen molar-refractivity contribution in [3.8, 4) is 0 Å². The molecule has 0 unspecified atom stereocenters. The molecule has 1 aromatic heterocycles. The van der Waals surface area contributed by atoms with Gasteiger partial charge in [-0.1, -0.05) is 12.1 Å². The fraction of sp³-hybridized carbons (Fsp3) is 0.0833. The quantitative estimate of drug-likeness (QED) is 0.665. The first-order chi connectivity index (χ1) is 7.77. The van der Waals surface area contributed by atoms with E-state index in [4.69, 9.17) is 0 Å². The summed E-state index contributed by atoms with van der Waals surface area (Å²) in [6, 6.07) is 9.76. The van der Waals surface area contributed by atoms with Crippen LogP contribution in [0.2, 0.25) is 0 Å². The van der Waals surface area contributed by atoms with Crippen LogP contribution in [-0.2, 0) is 0 Å². The van der Waals surface area contributed by atoms with Gasteiger partial charge >= 0.3 is 0 Å². The van der Waals surface area contributed by atoms with Crippen molar-refractivity contribution in [3.05, 3.63) is 46.2 Å². The molecule has 0 aliphatic carbocycles. The lowest BCUT2D eigenvalue weighted by Gasteiger charge is -2.14. The van der Waals surface area contributed by atoms with Gasteiger partial charge in [0.2, 0.25) is 5.78 Å². The van der Waals surface area contributed by atoms with E-state index in [1.807, 2.05) is 42.8 Å². The maximum absolute atomic E-state index is 12.3. The monoisotopic (exact) mass is 247 g/mol. The Morgan fingerprint density at radius 3 is 2.88 bits per heavy atom. The lowest BCUT2D eigenvalue weighted by Crippen LogP contribution is -2.05. The minimum absolute atomic E-state index is 0.137. The second-order valence-electron chi connectivity index (χ2n) is 3.55. The van der Waals surface area contributed by atoms with Crippen LogP contribution in [0, 0.1) is 0 Å². The molecule has 1 aliphatic heterocycles. The van der Waals surface area contributed by atoms with Gasteiger partial charge in [0.1, 0.15) is 0 Å². The van der Waals surface area contributed by atoms with Crippen LogP contribution < -0.4 is 4.31 Å². The molecule has 80 valence electrons. The largest absolute Gasteiger partial charge is 0.314 e. The number of hydrogen-bond acceptors (Lipinski definition) is 4. The molecule has 2 nitrogen and oxygen atoms in total. The number of nitrogens with zero attached hydrogens (tertiary/aromatic N) is 1. The molecule has 2 heterocycles. The average Bonchev–Trinajstić information content (AvgIpc) is 2.74. The summed E-state index contributed by atoms with van der Waals surface area (Å²) in [6.45, 7) is 0. The van der Waals surface area contributed by atoms with Crippen LogP contribution in [0.25, 0.3) is 0 Å². The van der Waals surface area contributed by atoms with E-state index in [1.54, 1.807) is 11.9 Å². The van der Waals surface area contributed by atoms with E-state index in [0.29, 0.717) is 0 Å². The first kappa shape index (κ1) is 9.93. The highest BCUT2D eigenvalue weighted by Crippen LogP contribution is 2.39. The number of carbonyl (C=O) groups excluding carboxylic acids is 1. The van der Waals surface area contributed by atoms with Gasteiger partial charge in [-0.3, -0.25) is 4.79 Å². The smallest absolute Gasteiger partial charge is 0.206 e. The third kappa shape index (κ3) is 1.37. The number of benzene rings is 1. The van der Waals surface area contributed by atoms with Crippen LogP contribution in [0.15, 0.2) is 40.6 Å². The molecule has 2 aromatic rings. The zero-order valence-electron chi connectivity index (χ0n) is 8.64. The zero-order valence-corrected chi connectivity index (χ0v) is 10.3. The molecule has 0 bridgehead atoms. The molecule has 0 N–H and O–H groups in total. The van der Waals surface area contributed by atoms with E-state index in [1.165, 1.54) is 11.3 Å². The highest BCUT2D eigenvalue weighted by Gasteiger charge is 2.25. The van der Waals surface area contributed by atoms with Crippen molar-refractivity contribution in [1.29, 1.82) is 0 Å². The molecule has 0 amide bonds. The molecule has 0 radical (unpaired) electrons. The van der Waals surface area contributed by atoms with Gasteiger partial charge in [-0.2, -0.15) is 0 Å². The van der Waals surface area contributed by atoms with E-state index >= 15 is 0 Å². The molecular formula is C12H9NOS2. The Kier molecular flexibility index (Phi) is 2.26. The molecule has 0 saturated carbocycles. The minimum Gasteiger partial charge on any atom is -0.314 e. The Bertz CT molecular complexity index is 562. The fourth-order valence-corrected chi connectivity index (χ4v) is 3.65.